The summed E-state index contributed by atoms with van der Waals surface area (Å²) in [5, 5.41) is 18.0. The maximum Gasteiger partial charge on any atom is 0.131 e. The molecule has 3 aromatic rings. The van der Waals surface area contributed by atoms with Crippen LogP contribution in [0.4, 0.5) is 5.69 Å². The lowest BCUT2D eigenvalue weighted by atomic mass is 9.68. The predicted octanol–water partition coefficient (Wildman–Crippen LogP) is 5.86. The lowest BCUT2D eigenvalue weighted by Crippen LogP contribution is -2.56. The fourth-order valence-electron chi connectivity index (χ4n) is 4.70. The van der Waals surface area contributed by atoms with Crippen LogP contribution >= 0.6 is 0 Å². The Balaban J connectivity index is 1.79. The molecule has 1 heterocycles. The number of rotatable bonds is 5. The number of nitrogens with zero attached hydrogens (tertiary/aromatic N) is 1. The van der Waals surface area contributed by atoms with Crippen LogP contribution in [-0.4, -0.2) is 5.54 Å². The van der Waals surface area contributed by atoms with Crippen LogP contribution in [0.3, 0.4) is 0 Å². The largest absolute Gasteiger partial charge is 0.367 e. The third kappa shape index (κ3) is 3.90. The molecule has 1 fully saturated rings. The Kier molecular flexibility index (Phi) is 5.64. The number of nitriles is 1. The Morgan fingerprint density at radius 1 is 0.897 bits per heavy atom. The summed E-state index contributed by atoms with van der Waals surface area (Å²) in [6, 6.07) is 34.0. The molecule has 4 atom stereocenters. The number of piperidine rings is 1. The summed E-state index contributed by atoms with van der Waals surface area (Å²) in [5.41, 5.74) is 2.78. The van der Waals surface area contributed by atoms with E-state index >= 15 is 0 Å². The van der Waals surface area contributed by atoms with Crippen molar-refractivity contribution in [2.45, 2.75) is 37.4 Å². The molecule has 29 heavy (non-hydrogen) atoms. The van der Waals surface area contributed by atoms with Crippen molar-refractivity contribution in [1.82, 2.24) is 5.32 Å². The minimum atomic E-state index is -0.664. The zero-order valence-electron chi connectivity index (χ0n) is 16.8. The smallest absolute Gasteiger partial charge is 0.131 e. The second-order valence-electron chi connectivity index (χ2n) is 7.81. The van der Waals surface area contributed by atoms with Crippen molar-refractivity contribution in [2.75, 3.05) is 5.32 Å². The van der Waals surface area contributed by atoms with Crippen molar-refractivity contribution >= 4 is 5.69 Å². The molecule has 0 aliphatic carbocycles. The summed E-state index contributed by atoms with van der Waals surface area (Å²) in [7, 11) is 0. The summed E-state index contributed by atoms with van der Waals surface area (Å²) in [4.78, 5) is 0. The monoisotopic (exact) mass is 381 g/mol. The van der Waals surface area contributed by atoms with Gasteiger partial charge in [0.2, 0.25) is 0 Å². The normalized spacial score (nSPS) is 26.4. The molecule has 1 aliphatic heterocycles. The topological polar surface area (TPSA) is 47.9 Å². The first-order valence-corrected chi connectivity index (χ1v) is 10.4. The summed E-state index contributed by atoms with van der Waals surface area (Å²) in [6.45, 7) is 2.18. The maximum absolute atomic E-state index is 10.5. The van der Waals surface area contributed by atoms with Crippen LogP contribution in [0.2, 0.25) is 0 Å². The van der Waals surface area contributed by atoms with Crippen LogP contribution in [0.1, 0.15) is 43.0 Å². The first-order valence-electron chi connectivity index (χ1n) is 10.4. The molecule has 1 aliphatic rings. The fraction of sp³-hybridized carbons (Fsp3) is 0.269. The van der Waals surface area contributed by atoms with Gasteiger partial charge < -0.3 is 10.6 Å². The van der Waals surface area contributed by atoms with Gasteiger partial charge in [-0.2, -0.15) is 5.26 Å². The van der Waals surface area contributed by atoms with Crippen molar-refractivity contribution in [2.24, 2.45) is 5.92 Å². The number of nitrogens with one attached hydrogen (secondary N) is 2. The van der Waals surface area contributed by atoms with E-state index in [1.165, 1.54) is 11.1 Å². The Labute approximate surface area is 173 Å². The Morgan fingerprint density at radius 3 is 2.00 bits per heavy atom. The van der Waals surface area contributed by atoms with Crippen molar-refractivity contribution in [3.05, 3.63) is 102 Å². The summed E-state index contributed by atoms with van der Waals surface area (Å²) in [6.07, 6.45) is 1.62. The Bertz CT molecular complexity index is 950. The third-order valence-corrected chi connectivity index (χ3v) is 6.08. The summed E-state index contributed by atoms with van der Waals surface area (Å²) < 4.78 is 0. The zero-order chi connectivity index (χ0) is 20.1. The van der Waals surface area contributed by atoms with E-state index in [4.69, 9.17) is 0 Å². The van der Waals surface area contributed by atoms with E-state index in [-0.39, 0.29) is 18.0 Å². The molecule has 2 N–H and O–H groups in total. The first kappa shape index (κ1) is 19.2. The van der Waals surface area contributed by atoms with Crippen LogP contribution in [0.5, 0.6) is 0 Å². The molecule has 146 valence electrons. The molecule has 3 heteroatoms. The highest BCUT2D eigenvalue weighted by Gasteiger charge is 2.49. The number of benzene rings is 3. The van der Waals surface area contributed by atoms with Gasteiger partial charge in [0.1, 0.15) is 5.54 Å². The minimum Gasteiger partial charge on any atom is -0.367 e. The van der Waals surface area contributed by atoms with Gasteiger partial charge in [-0.05, 0) is 29.7 Å². The van der Waals surface area contributed by atoms with Gasteiger partial charge in [0.05, 0.1) is 6.07 Å². The van der Waals surface area contributed by atoms with Gasteiger partial charge in [0.25, 0.3) is 0 Å². The lowest BCUT2D eigenvalue weighted by Gasteiger charge is -2.48. The summed E-state index contributed by atoms with van der Waals surface area (Å²) >= 11 is 0. The standard InChI is InChI=1S/C26H27N3/c1-2-23-25(21-14-8-4-9-15-21)28-24(20-12-6-3-7-13-20)18-26(23,19-27)29-22-16-10-5-11-17-22/h3-17,23-25,28-29H,2,18H2,1H3/t23-,24-,25-,26+/m0/s1. The van der Waals surface area contributed by atoms with E-state index in [1.54, 1.807) is 0 Å². The van der Waals surface area contributed by atoms with E-state index in [2.05, 4.69) is 72.2 Å². The van der Waals surface area contributed by atoms with Gasteiger partial charge in [-0.1, -0.05) is 85.8 Å². The van der Waals surface area contributed by atoms with Crippen LogP contribution in [0.15, 0.2) is 91.0 Å². The van der Waals surface area contributed by atoms with Crippen molar-refractivity contribution in [3.63, 3.8) is 0 Å². The van der Waals surface area contributed by atoms with Gasteiger partial charge in [-0.15, -0.1) is 0 Å². The Hall–Kier alpha value is -3.09. The highest BCUT2D eigenvalue weighted by molar-refractivity contribution is 5.49. The quantitative estimate of drug-likeness (QED) is 0.582. The second kappa shape index (κ2) is 8.51. The summed E-state index contributed by atoms with van der Waals surface area (Å²) in [5.74, 6) is 0.134. The minimum absolute atomic E-state index is 0.0935. The van der Waals surface area contributed by atoms with Crippen molar-refractivity contribution in [3.8, 4) is 6.07 Å². The molecule has 0 radical (unpaired) electrons. The predicted molar refractivity (Wildman–Crippen MR) is 118 cm³/mol. The highest BCUT2D eigenvalue weighted by Crippen LogP contribution is 2.46. The third-order valence-electron chi connectivity index (χ3n) is 6.08. The second-order valence-corrected chi connectivity index (χ2v) is 7.81. The van der Waals surface area contributed by atoms with Crippen LogP contribution in [-0.2, 0) is 0 Å². The average molecular weight is 382 g/mol. The first-order chi connectivity index (χ1) is 14.3. The number of para-hydroxylation sites is 1. The SMILES string of the molecule is CC[C@H]1[C@H](c2ccccc2)N[C@H](c2ccccc2)C[C@]1(C#N)Nc1ccccc1. The van der Waals surface area contributed by atoms with Gasteiger partial charge in [-0.25, -0.2) is 0 Å². The molecular weight excluding hydrogens is 354 g/mol. The molecule has 0 unspecified atom stereocenters. The zero-order valence-corrected chi connectivity index (χ0v) is 16.8. The van der Waals surface area contributed by atoms with Gasteiger partial charge in [0, 0.05) is 30.1 Å². The van der Waals surface area contributed by atoms with E-state index in [9.17, 15) is 5.26 Å². The highest BCUT2D eigenvalue weighted by atomic mass is 15.1. The van der Waals surface area contributed by atoms with Crippen LogP contribution in [0.25, 0.3) is 0 Å². The van der Waals surface area contributed by atoms with E-state index in [0.717, 1.165) is 12.1 Å². The molecule has 4 rings (SSSR count). The Morgan fingerprint density at radius 2 is 1.45 bits per heavy atom. The van der Waals surface area contributed by atoms with Gasteiger partial charge >= 0.3 is 0 Å². The van der Waals surface area contributed by atoms with E-state index in [1.807, 2.05) is 42.5 Å². The lowest BCUT2D eigenvalue weighted by molar-refractivity contribution is 0.165. The molecule has 3 nitrogen and oxygen atoms in total. The van der Waals surface area contributed by atoms with Crippen LogP contribution in [0, 0.1) is 17.2 Å². The molecule has 0 saturated carbocycles. The maximum atomic E-state index is 10.5. The fourth-order valence-corrected chi connectivity index (χ4v) is 4.70. The number of hydrogen-bond acceptors (Lipinski definition) is 3. The molecule has 0 aromatic heterocycles. The molecule has 3 aromatic carbocycles. The molecular formula is C26H27N3. The van der Waals surface area contributed by atoms with E-state index in [0.29, 0.717) is 6.42 Å². The van der Waals surface area contributed by atoms with Gasteiger partial charge in [0.15, 0.2) is 0 Å². The van der Waals surface area contributed by atoms with E-state index < -0.39 is 5.54 Å². The van der Waals surface area contributed by atoms with Crippen LogP contribution < -0.4 is 10.6 Å². The molecule has 0 bridgehead atoms. The van der Waals surface area contributed by atoms with Gasteiger partial charge in [-0.3, -0.25) is 0 Å². The molecule has 1 saturated heterocycles. The molecule has 0 amide bonds. The number of hydrogen-bond donors (Lipinski definition) is 2. The number of anilines is 1. The molecule has 0 spiro atoms. The van der Waals surface area contributed by atoms with Crippen molar-refractivity contribution < 1.29 is 0 Å². The average Bonchev–Trinajstić information content (AvgIpc) is 2.80. The van der Waals surface area contributed by atoms with Crippen molar-refractivity contribution in [1.29, 1.82) is 5.26 Å².